The predicted octanol–water partition coefficient (Wildman–Crippen LogP) is 4.32. The highest BCUT2D eigenvalue weighted by molar-refractivity contribution is 6.31. The fourth-order valence-electron chi connectivity index (χ4n) is 2.81. The predicted molar refractivity (Wildman–Crippen MR) is 88.6 cm³/mol. The lowest BCUT2D eigenvalue weighted by molar-refractivity contribution is 0.323. The van der Waals surface area contributed by atoms with Gasteiger partial charge in [-0.25, -0.2) is 0 Å². The van der Waals surface area contributed by atoms with Crippen LogP contribution < -0.4 is 10.2 Å². The molecule has 2 atom stereocenters. The van der Waals surface area contributed by atoms with E-state index in [0.717, 1.165) is 36.5 Å². The third-order valence-corrected chi connectivity index (χ3v) is 4.81. The van der Waals surface area contributed by atoms with Gasteiger partial charge in [-0.2, -0.15) is 0 Å². The zero-order valence-corrected chi connectivity index (χ0v) is 13.9. The van der Waals surface area contributed by atoms with Crippen molar-refractivity contribution >= 4 is 17.3 Å². The van der Waals surface area contributed by atoms with Crippen LogP contribution in [0.3, 0.4) is 0 Å². The molecule has 1 heterocycles. The molecule has 0 saturated carbocycles. The van der Waals surface area contributed by atoms with E-state index in [1.807, 2.05) is 6.07 Å². The Bertz CT molecular complexity index is 445. The van der Waals surface area contributed by atoms with E-state index in [0.29, 0.717) is 6.04 Å². The minimum absolute atomic E-state index is 0.472. The molecule has 1 fully saturated rings. The Labute approximate surface area is 128 Å². The Morgan fingerprint density at radius 2 is 2.05 bits per heavy atom. The molecule has 20 heavy (non-hydrogen) atoms. The van der Waals surface area contributed by atoms with E-state index < -0.39 is 0 Å². The van der Waals surface area contributed by atoms with E-state index in [9.17, 15) is 0 Å². The molecule has 112 valence electrons. The maximum Gasteiger partial charge on any atom is 0.0471 e. The van der Waals surface area contributed by atoms with Crippen LogP contribution in [0.25, 0.3) is 0 Å². The van der Waals surface area contributed by atoms with E-state index in [1.54, 1.807) is 0 Å². The van der Waals surface area contributed by atoms with Gasteiger partial charge in [0.05, 0.1) is 0 Å². The molecule has 1 aromatic rings. The van der Waals surface area contributed by atoms with E-state index in [-0.39, 0.29) is 0 Å². The number of hydrogen-bond donors (Lipinski definition) is 1. The Morgan fingerprint density at radius 3 is 2.70 bits per heavy atom. The maximum atomic E-state index is 6.43. The molecule has 1 aliphatic heterocycles. The molecule has 2 unspecified atom stereocenters. The number of piperidine rings is 1. The van der Waals surface area contributed by atoms with Gasteiger partial charge < -0.3 is 10.2 Å². The van der Waals surface area contributed by atoms with Gasteiger partial charge in [-0.1, -0.05) is 45.4 Å². The Morgan fingerprint density at radius 1 is 1.30 bits per heavy atom. The monoisotopic (exact) mass is 294 g/mol. The number of rotatable bonds is 4. The lowest BCUT2D eigenvalue weighted by Crippen LogP contribution is -2.39. The molecule has 0 spiro atoms. The van der Waals surface area contributed by atoms with Crippen molar-refractivity contribution in [2.45, 2.75) is 46.7 Å². The van der Waals surface area contributed by atoms with Crippen LogP contribution in [0, 0.1) is 11.8 Å². The first kappa shape index (κ1) is 15.7. The lowest BCUT2D eigenvalue weighted by atomic mass is 9.88. The first-order valence-corrected chi connectivity index (χ1v) is 8.12. The molecular weight excluding hydrogens is 268 g/mol. The van der Waals surface area contributed by atoms with Gasteiger partial charge in [-0.15, -0.1) is 0 Å². The number of nitrogens with one attached hydrogen (secondary N) is 1. The zero-order valence-electron chi connectivity index (χ0n) is 13.1. The molecule has 1 aromatic carbocycles. The summed E-state index contributed by atoms with van der Waals surface area (Å²) in [4.78, 5) is 2.51. The average Bonchev–Trinajstić information content (AvgIpc) is 2.40. The second kappa shape index (κ2) is 6.82. The van der Waals surface area contributed by atoms with Crippen LogP contribution in [0.1, 0.15) is 39.7 Å². The fraction of sp³-hybridized carbons (Fsp3) is 0.647. The molecule has 0 bridgehead atoms. The summed E-state index contributed by atoms with van der Waals surface area (Å²) in [6.45, 7) is 12.2. The molecule has 1 saturated heterocycles. The minimum Gasteiger partial charge on any atom is -0.371 e. The van der Waals surface area contributed by atoms with Crippen molar-refractivity contribution in [2.24, 2.45) is 11.8 Å². The van der Waals surface area contributed by atoms with Crippen molar-refractivity contribution in [3.63, 3.8) is 0 Å². The van der Waals surface area contributed by atoms with Gasteiger partial charge in [-0.05, 0) is 30.4 Å². The molecule has 0 amide bonds. The normalized spacial score (nSPS) is 23.4. The molecule has 1 aliphatic rings. The maximum absolute atomic E-state index is 6.43. The Kier molecular flexibility index (Phi) is 5.34. The minimum atomic E-state index is 0.472. The number of halogens is 1. The van der Waals surface area contributed by atoms with E-state index in [1.165, 1.54) is 17.7 Å². The van der Waals surface area contributed by atoms with Crippen LogP contribution in [0.2, 0.25) is 5.02 Å². The average molecular weight is 295 g/mol. The quantitative estimate of drug-likeness (QED) is 0.889. The first-order valence-electron chi connectivity index (χ1n) is 7.74. The van der Waals surface area contributed by atoms with Crippen LogP contribution in [0.5, 0.6) is 0 Å². The first-order chi connectivity index (χ1) is 9.49. The number of benzene rings is 1. The summed E-state index contributed by atoms with van der Waals surface area (Å²) in [5.74, 6) is 1.57. The summed E-state index contributed by atoms with van der Waals surface area (Å²) in [5.41, 5.74) is 2.55. The van der Waals surface area contributed by atoms with Crippen LogP contribution in [-0.4, -0.2) is 19.1 Å². The summed E-state index contributed by atoms with van der Waals surface area (Å²) >= 11 is 6.43. The second-order valence-corrected chi connectivity index (χ2v) is 6.87. The van der Waals surface area contributed by atoms with Gasteiger partial charge in [0, 0.05) is 41.9 Å². The highest BCUT2D eigenvalue weighted by Crippen LogP contribution is 2.32. The zero-order chi connectivity index (χ0) is 14.7. The highest BCUT2D eigenvalue weighted by Gasteiger charge is 2.24. The molecule has 1 N–H and O–H groups in total. The molecular formula is C17H27ClN2. The summed E-state index contributed by atoms with van der Waals surface area (Å²) < 4.78 is 0. The van der Waals surface area contributed by atoms with Crippen LogP contribution in [0.4, 0.5) is 5.69 Å². The van der Waals surface area contributed by atoms with E-state index >= 15 is 0 Å². The van der Waals surface area contributed by atoms with Gasteiger partial charge >= 0.3 is 0 Å². The molecule has 0 aliphatic carbocycles. The third kappa shape index (κ3) is 3.67. The molecule has 0 radical (unpaired) electrons. The van der Waals surface area contributed by atoms with Crippen LogP contribution in [0.15, 0.2) is 18.2 Å². The van der Waals surface area contributed by atoms with Crippen molar-refractivity contribution in [1.29, 1.82) is 0 Å². The van der Waals surface area contributed by atoms with Crippen molar-refractivity contribution < 1.29 is 0 Å². The van der Waals surface area contributed by atoms with Crippen molar-refractivity contribution in [2.75, 3.05) is 18.0 Å². The molecule has 2 rings (SSSR count). The topological polar surface area (TPSA) is 15.3 Å². The van der Waals surface area contributed by atoms with Gasteiger partial charge in [0.1, 0.15) is 0 Å². The summed E-state index contributed by atoms with van der Waals surface area (Å²) in [5, 5.41) is 4.37. The summed E-state index contributed by atoms with van der Waals surface area (Å²) in [7, 11) is 0. The molecule has 2 nitrogen and oxygen atoms in total. The van der Waals surface area contributed by atoms with Gasteiger partial charge in [0.25, 0.3) is 0 Å². The number of hydrogen-bond acceptors (Lipinski definition) is 2. The van der Waals surface area contributed by atoms with E-state index in [2.05, 4.69) is 50.0 Å². The standard InChI is InChI=1S/C17H27ClN2/c1-12(2)19-10-15-16(18)6-5-7-17(15)20-9-8-13(3)14(4)11-20/h5-7,12-14,19H,8-11H2,1-4H3. The van der Waals surface area contributed by atoms with Gasteiger partial charge in [0.15, 0.2) is 0 Å². The second-order valence-electron chi connectivity index (χ2n) is 6.46. The Balaban J connectivity index is 2.20. The lowest BCUT2D eigenvalue weighted by Gasteiger charge is -2.38. The Hall–Kier alpha value is -0.730. The molecule has 0 aromatic heterocycles. The smallest absolute Gasteiger partial charge is 0.0471 e. The summed E-state index contributed by atoms with van der Waals surface area (Å²) in [6, 6.07) is 6.75. The van der Waals surface area contributed by atoms with Gasteiger partial charge in [0.2, 0.25) is 0 Å². The van der Waals surface area contributed by atoms with Crippen molar-refractivity contribution in [3.05, 3.63) is 28.8 Å². The van der Waals surface area contributed by atoms with Crippen LogP contribution in [-0.2, 0) is 6.54 Å². The van der Waals surface area contributed by atoms with Crippen LogP contribution >= 0.6 is 11.6 Å². The fourth-order valence-corrected chi connectivity index (χ4v) is 3.04. The SMILES string of the molecule is CC(C)NCc1c(Cl)cccc1N1CCC(C)C(C)C1. The van der Waals surface area contributed by atoms with E-state index in [4.69, 9.17) is 11.6 Å². The van der Waals surface area contributed by atoms with Crippen molar-refractivity contribution in [3.8, 4) is 0 Å². The summed E-state index contributed by atoms with van der Waals surface area (Å²) in [6.07, 6.45) is 1.27. The highest BCUT2D eigenvalue weighted by atomic mass is 35.5. The largest absolute Gasteiger partial charge is 0.371 e. The van der Waals surface area contributed by atoms with Crippen molar-refractivity contribution in [1.82, 2.24) is 5.32 Å². The molecule has 3 heteroatoms. The van der Waals surface area contributed by atoms with Gasteiger partial charge in [-0.3, -0.25) is 0 Å². The number of nitrogens with zero attached hydrogens (tertiary/aromatic N) is 1. The number of anilines is 1. The third-order valence-electron chi connectivity index (χ3n) is 4.46.